The molecule has 0 saturated heterocycles. The number of carbonyl (C=O) groups is 2. The van der Waals surface area contributed by atoms with Crippen molar-refractivity contribution in [2.45, 2.75) is 18.3 Å². The second-order valence-corrected chi connectivity index (χ2v) is 5.95. The predicted molar refractivity (Wildman–Crippen MR) is 79.0 cm³/mol. The summed E-state index contributed by atoms with van der Waals surface area (Å²) in [6.07, 6.45) is -4.61. The third kappa shape index (κ3) is 5.42. The van der Waals surface area contributed by atoms with Gasteiger partial charge < -0.3 is 10.1 Å². The maximum Gasteiger partial charge on any atom is 0.417 e. The molecule has 4 nitrogen and oxygen atoms in total. The van der Waals surface area contributed by atoms with E-state index in [4.69, 9.17) is 11.6 Å². The molecular weight excluding hydrogens is 343 g/mol. The van der Waals surface area contributed by atoms with E-state index in [2.05, 4.69) is 10.1 Å². The average Bonchev–Trinajstić information content (AvgIpc) is 2.44. The lowest BCUT2D eigenvalue weighted by molar-refractivity contribution is -0.138. The van der Waals surface area contributed by atoms with Gasteiger partial charge in [0.1, 0.15) is 0 Å². The fourth-order valence-corrected chi connectivity index (χ4v) is 2.33. The maximum atomic E-state index is 12.7. The zero-order chi connectivity index (χ0) is 16.9. The molecule has 0 unspecified atom stereocenters. The van der Waals surface area contributed by atoms with Crippen LogP contribution in [0.25, 0.3) is 0 Å². The quantitative estimate of drug-likeness (QED) is 0.820. The largest absolute Gasteiger partial charge is 0.468 e. The van der Waals surface area contributed by atoms with Gasteiger partial charge in [-0.3, -0.25) is 9.59 Å². The number of ether oxygens (including phenoxy) is 1. The monoisotopic (exact) mass is 355 g/mol. The second kappa shape index (κ2) is 7.73. The van der Waals surface area contributed by atoms with Gasteiger partial charge in [-0.1, -0.05) is 11.6 Å². The number of hydrogen-bond donors (Lipinski definition) is 1. The molecule has 0 aromatic heterocycles. The molecule has 0 heterocycles. The minimum atomic E-state index is -4.61. The molecule has 1 aromatic rings. The van der Waals surface area contributed by atoms with Crippen LogP contribution >= 0.6 is 23.4 Å². The minimum absolute atomic E-state index is 0.0211. The van der Waals surface area contributed by atoms with Gasteiger partial charge in [0, 0.05) is 5.69 Å². The van der Waals surface area contributed by atoms with Crippen LogP contribution in [0.2, 0.25) is 5.02 Å². The minimum Gasteiger partial charge on any atom is -0.468 e. The number of alkyl halides is 3. The Bertz CT molecular complexity index is 566. The second-order valence-electron chi connectivity index (χ2n) is 4.21. The summed E-state index contributed by atoms with van der Waals surface area (Å²) in [7, 11) is 1.22. The maximum absolute atomic E-state index is 12.7. The van der Waals surface area contributed by atoms with E-state index in [1.54, 1.807) is 0 Å². The third-order valence-corrected chi connectivity index (χ3v) is 4.03. The highest BCUT2D eigenvalue weighted by Crippen LogP contribution is 2.36. The highest BCUT2D eigenvalue weighted by atomic mass is 35.5. The molecular formula is C13H13ClF3NO3S. The van der Waals surface area contributed by atoms with Crippen LogP contribution in [0.15, 0.2) is 18.2 Å². The molecule has 1 rings (SSSR count). The molecule has 1 atom stereocenters. The number of anilines is 1. The van der Waals surface area contributed by atoms with E-state index in [1.165, 1.54) is 20.1 Å². The number of amides is 1. The molecule has 122 valence electrons. The molecule has 0 radical (unpaired) electrons. The Hall–Kier alpha value is -1.41. The number of esters is 1. The van der Waals surface area contributed by atoms with Gasteiger partial charge in [0.25, 0.3) is 0 Å². The van der Waals surface area contributed by atoms with E-state index in [0.29, 0.717) is 0 Å². The summed E-state index contributed by atoms with van der Waals surface area (Å²) < 4.78 is 42.6. The third-order valence-electron chi connectivity index (χ3n) is 2.59. The molecule has 0 saturated carbocycles. The predicted octanol–water partition coefficient (Wildman–Crippen LogP) is 3.59. The lowest BCUT2D eigenvalue weighted by Gasteiger charge is -2.14. The topological polar surface area (TPSA) is 55.4 Å². The first-order valence-electron chi connectivity index (χ1n) is 6.01. The smallest absolute Gasteiger partial charge is 0.417 e. The van der Waals surface area contributed by atoms with Gasteiger partial charge in [0.05, 0.1) is 28.7 Å². The molecule has 1 N–H and O–H groups in total. The van der Waals surface area contributed by atoms with E-state index in [1.807, 2.05) is 0 Å². The Morgan fingerprint density at radius 3 is 2.59 bits per heavy atom. The highest BCUT2D eigenvalue weighted by molar-refractivity contribution is 8.01. The Morgan fingerprint density at radius 2 is 2.05 bits per heavy atom. The molecule has 22 heavy (non-hydrogen) atoms. The van der Waals surface area contributed by atoms with Gasteiger partial charge >= 0.3 is 12.1 Å². The van der Waals surface area contributed by atoms with E-state index in [-0.39, 0.29) is 11.4 Å². The van der Waals surface area contributed by atoms with Crippen LogP contribution in [0.4, 0.5) is 18.9 Å². The van der Waals surface area contributed by atoms with Crippen LogP contribution in [0.1, 0.15) is 12.5 Å². The molecule has 9 heteroatoms. The first-order valence-corrected chi connectivity index (χ1v) is 7.44. The van der Waals surface area contributed by atoms with Gasteiger partial charge in [-0.2, -0.15) is 13.2 Å². The summed E-state index contributed by atoms with van der Waals surface area (Å²) in [6, 6.07) is 3.09. The summed E-state index contributed by atoms with van der Waals surface area (Å²) in [4.78, 5) is 22.8. The molecule has 0 aliphatic carbocycles. The van der Waals surface area contributed by atoms with Crippen molar-refractivity contribution in [2.24, 2.45) is 0 Å². The fourth-order valence-electron chi connectivity index (χ4n) is 1.39. The first kappa shape index (κ1) is 18.6. The van der Waals surface area contributed by atoms with Gasteiger partial charge in [0.2, 0.25) is 5.91 Å². The number of nitrogens with one attached hydrogen (secondary N) is 1. The molecule has 0 aliphatic rings. The van der Waals surface area contributed by atoms with Gasteiger partial charge in [0.15, 0.2) is 0 Å². The summed E-state index contributed by atoms with van der Waals surface area (Å²) in [5.41, 5.74) is -1.05. The van der Waals surface area contributed by atoms with Gasteiger partial charge in [-0.15, -0.1) is 11.8 Å². The SMILES string of the molecule is COC(=O)CS[C@@H](C)C(=O)Nc1ccc(Cl)c(C(F)(F)F)c1. The van der Waals surface area contributed by atoms with Crippen molar-refractivity contribution in [1.29, 1.82) is 0 Å². The number of rotatable bonds is 5. The zero-order valence-electron chi connectivity index (χ0n) is 11.7. The van der Waals surface area contributed by atoms with Crippen molar-refractivity contribution in [1.82, 2.24) is 0 Å². The van der Waals surface area contributed by atoms with Crippen LogP contribution in [-0.4, -0.2) is 30.0 Å². The Balaban J connectivity index is 2.74. The Morgan fingerprint density at radius 1 is 1.41 bits per heavy atom. The van der Waals surface area contributed by atoms with E-state index < -0.39 is 33.9 Å². The normalized spacial score (nSPS) is 12.6. The van der Waals surface area contributed by atoms with Crippen molar-refractivity contribution in [2.75, 3.05) is 18.2 Å². The summed E-state index contributed by atoms with van der Waals surface area (Å²) >= 11 is 6.51. The number of benzene rings is 1. The standard InChI is InChI=1S/C13H13ClF3NO3S/c1-7(22-6-11(19)21-2)12(20)18-8-3-4-10(14)9(5-8)13(15,16)17/h3-5,7H,6H2,1-2H3,(H,18,20)/t7-/m0/s1. The number of hydrogen-bond acceptors (Lipinski definition) is 4. The fraction of sp³-hybridized carbons (Fsp3) is 0.385. The number of thioether (sulfide) groups is 1. The van der Waals surface area contributed by atoms with Crippen molar-refractivity contribution in [3.63, 3.8) is 0 Å². The number of carbonyl (C=O) groups excluding carboxylic acids is 2. The molecule has 0 spiro atoms. The number of halogens is 4. The average molecular weight is 356 g/mol. The van der Waals surface area contributed by atoms with Crippen LogP contribution in [-0.2, 0) is 20.5 Å². The van der Waals surface area contributed by atoms with Crippen LogP contribution in [0.5, 0.6) is 0 Å². The molecule has 0 fully saturated rings. The van der Waals surface area contributed by atoms with Gasteiger partial charge in [-0.25, -0.2) is 0 Å². The van der Waals surface area contributed by atoms with Crippen molar-refractivity contribution in [3.8, 4) is 0 Å². The summed E-state index contributed by atoms with van der Waals surface area (Å²) in [5.74, 6) is -1.04. The molecule has 1 amide bonds. The molecule has 1 aromatic carbocycles. The zero-order valence-corrected chi connectivity index (χ0v) is 13.2. The van der Waals surface area contributed by atoms with Crippen molar-refractivity contribution in [3.05, 3.63) is 28.8 Å². The van der Waals surface area contributed by atoms with Crippen molar-refractivity contribution < 1.29 is 27.5 Å². The molecule has 0 aliphatic heterocycles. The van der Waals surface area contributed by atoms with Crippen LogP contribution in [0, 0.1) is 0 Å². The van der Waals surface area contributed by atoms with E-state index in [9.17, 15) is 22.8 Å². The molecule has 0 bridgehead atoms. The lowest BCUT2D eigenvalue weighted by atomic mass is 10.2. The van der Waals surface area contributed by atoms with E-state index >= 15 is 0 Å². The van der Waals surface area contributed by atoms with Gasteiger partial charge in [-0.05, 0) is 25.1 Å². The lowest BCUT2D eigenvalue weighted by Crippen LogP contribution is -2.24. The summed E-state index contributed by atoms with van der Waals surface area (Å²) in [6.45, 7) is 1.53. The summed E-state index contributed by atoms with van der Waals surface area (Å²) in [5, 5.41) is 1.27. The number of methoxy groups -OCH3 is 1. The van der Waals surface area contributed by atoms with Crippen molar-refractivity contribution >= 4 is 40.9 Å². The van der Waals surface area contributed by atoms with Crippen LogP contribution < -0.4 is 5.32 Å². The Labute approximate surface area is 134 Å². The highest BCUT2D eigenvalue weighted by Gasteiger charge is 2.33. The first-order chi connectivity index (χ1) is 10.1. The Kier molecular flexibility index (Phi) is 6.55. The van der Waals surface area contributed by atoms with Crippen LogP contribution in [0.3, 0.4) is 0 Å². The van der Waals surface area contributed by atoms with E-state index in [0.717, 1.165) is 23.9 Å².